The van der Waals surface area contributed by atoms with Crippen LogP contribution in [0.4, 0.5) is 0 Å². The predicted molar refractivity (Wildman–Crippen MR) is 129 cm³/mol. The van der Waals surface area contributed by atoms with Crippen LogP contribution < -0.4 is 0 Å². The summed E-state index contributed by atoms with van der Waals surface area (Å²) < 4.78 is 0. The number of hydrogen-bond acceptors (Lipinski definition) is 3. The summed E-state index contributed by atoms with van der Waals surface area (Å²) in [5, 5.41) is 30.7. The summed E-state index contributed by atoms with van der Waals surface area (Å²) in [7, 11) is 0. The molecular weight excluding hydrogens is 384 g/mol. The van der Waals surface area contributed by atoms with Gasteiger partial charge in [-0.15, -0.1) is 0 Å². The van der Waals surface area contributed by atoms with Crippen LogP contribution in [-0.2, 0) is 0 Å². The van der Waals surface area contributed by atoms with Gasteiger partial charge in [-0.05, 0) is 101 Å². The zero-order chi connectivity index (χ0) is 22.8. The van der Waals surface area contributed by atoms with E-state index < -0.39 is 17.8 Å². The Balaban J connectivity index is 1.68. The van der Waals surface area contributed by atoms with Gasteiger partial charge in [-0.3, -0.25) is 0 Å². The Hall–Kier alpha value is -0.900. The normalized spacial score (nSPS) is 36.5. The molecule has 0 bridgehead atoms. The van der Waals surface area contributed by atoms with Crippen LogP contribution >= 0.6 is 0 Å². The third kappa shape index (κ3) is 5.72. The predicted octanol–water partition coefficient (Wildman–Crippen LogP) is 6.09. The van der Waals surface area contributed by atoms with E-state index in [1.165, 1.54) is 44.1 Å². The SMILES string of the molecule is CC=C1[C@H](O)CC(=C/C=C2\CCC[C@]3(C)[C@@H]([C@H](C)CCCC(C)(C)O)CC[C@@H]23)C[C@H]1O. The first kappa shape index (κ1) is 24.7. The molecule has 0 aromatic rings. The van der Waals surface area contributed by atoms with E-state index in [0.717, 1.165) is 24.3 Å². The van der Waals surface area contributed by atoms with Crippen molar-refractivity contribution >= 4 is 0 Å². The van der Waals surface area contributed by atoms with Gasteiger partial charge in [0, 0.05) is 0 Å². The van der Waals surface area contributed by atoms with Gasteiger partial charge < -0.3 is 15.3 Å². The molecule has 0 aliphatic heterocycles. The highest BCUT2D eigenvalue weighted by atomic mass is 16.3. The van der Waals surface area contributed by atoms with Crippen molar-refractivity contribution in [2.24, 2.45) is 23.2 Å². The molecule has 31 heavy (non-hydrogen) atoms. The highest BCUT2D eigenvalue weighted by Gasteiger charge is 2.50. The molecule has 0 radical (unpaired) electrons. The molecular formula is C28H46O3. The Morgan fingerprint density at radius 3 is 2.42 bits per heavy atom. The fourth-order valence-electron chi connectivity index (χ4n) is 7.06. The molecule has 0 saturated heterocycles. The van der Waals surface area contributed by atoms with Gasteiger partial charge >= 0.3 is 0 Å². The average Bonchev–Trinajstić information content (AvgIpc) is 3.02. The minimum atomic E-state index is -0.552. The van der Waals surface area contributed by atoms with Crippen molar-refractivity contribution in [3.05, 3.63) is 34.9 Å². The molecule has 0 aromatic heterocycles. The Labute approximate surface area is 190 Å². The zero-order valence-electron chi connectivity index (χ0n) is 20.5. The molecule has 0 spiro atoms. The van der Waals surface area contributed by atoms with Crippen LogP contribution in [0, 0.1) is 23.2 Å². The van der Waals surface area contributed by atoms with E-state index in [2.05, 4.69) is 26.0 Å². The maximum Gasteiger partial charge on any atom is 0.0812 e. The quantitative estimate of drug-likeness (QED) is 0.447. The minimum absolute atomic E-state index is 0.389. The second-order valence-corrected chi connectivity index (χ2v) is 11.6. The number of aliphatic hydroxyl groups is 3. The molecule has 6 atom stereocenters. The van der Waals surface area contributed by atoms with Crippen molar-refractivity contribution < 1.29 is 15.3 Å². The Kier molecular flexibility index (Phi) is 7.92. The van der Waals surface area contributed by atoms with Crippen molar-refractivity contribution in [1.82, 2.24) is 0 Å². The zero-order valence-corrected chi connectivity index (χ0v) is 20.5. The van der Waals surface area contributed by atoms with Crippen LogP contribution in [-0.4, -0.2) is 33.1 Å². The Bertz CT molecular complexity index is 694. The fraction of sp³-hybridized carbons (Fsp3) is 0.786. The van der Waals surface area contributed by atoms with Gasteiger partial charge in [0.1, 0.15) is 0 Å². The summed E-state index contributed by atoms with van der Waals surface area (Å²) in [6, 6.07) is 0. The summed E-state index contributed by atoms with van der Waals surface area (Å²) in [5.74, 6) is 2.15. The van der Waals surface area contributed by atoms with E-state index in [0.29, 0.717) is 30.1 Å². The lowest BCUT2D eigenvalue weighted by Crippen LogP contribution is -2.36. The van der Waals surface area contributed by atoms with E-state index in [-0.39, 0.29) is 0 Å². The second kappa shape index (κ2) is 9.93. The van der Waals surface area contributed by atoms with Crippen LogP contribution in [0.5, 0.6) is 0 Å². The monoisotopic (exact) mass is 430 g/mol. The fourth-order valence-corrected chi connectivity index (χ4v) is 7.06. The topological polar surface area (TPSA) is 60.7 Å². The highest BCUT2D eigenvalue weighted by Crippen LogP contribution is 2.60. The molecule has 3 aliphatic carbocycles. The van der Waals surface area contributed by atoms with E-state index in [4.69, 9.17) is 0 Å². The third-order valence-electron chi connectivity index (χ3n) is 8.72. The van der Waals surface area contributed by atoms with E-state index in [9.17, 15) is 15.3 Å². The molecule has 3 N–H and O–H groups in total. The Morgan fingerprint density at radius 2 is 1.81 bits per heavy atom. The lowest BCUT2D eigenvalue weighted by Gasteiger charge is -2.44. The summed E-state index contributed by atoms with van der Waals surface area (Å²) >= 11 is 0. The van der Waals surface area contributed by atoms with Crippen molar-refractivity contribution in [2.75, 3.05) is 0 Å². The number of aliphatic hydroxyl groups excluding tert-OH is 2. The summed E-state index contributed by atoms with van der Waals surface area (Å²) in [5.41, 5.74) is 3.37. The number of fused-ring (bicyclic) bond motifs is 1. The lowest BCUT2D eigenvalue weighted by molar-refractivity contribution is 0.0596. The van der Waals surface area contributed by atoms with Crippen molar-refractivity contribution in [3.8, 4) is 0 Å². The summed E-state index contributed by atoms with van der Waals surface area (Å²) in [6.45, 7) is 10.7. The molecule has 3 fully saturated rings. The minimum Gasteiger partial charge on any atom is -0.390 e. The van der Waals surface area contributed by atoms with Gasteiger partial charge in [-0.25, -0.2) is 0 Å². The first-order valence-electron chi connectivity index (χ1n) is 12.7. The molecule has 0 amide bonds. The molecule has 3 heteroatoms. The molecule has 0 unspecified atom stereocenters. The van der Waals surface area contributed by atoms with Crippen molar-refractivity contribution in [1.29, 1.82) is 0 Å². The molecule has 0 heterocycles. The molecule has 176 valence electrons. The maximum atomic E-state index is 10.3. The van der Waals surface area contributed by atoms with Gasteiger partial charge in [0.25, 0.3) is 0 Å². The summed E-state index contributed by atoms with van der Waals surface area (Å²) in [6.07, 6.45) is 16.2. The van der Waals surface area contributed by atoms with Crippen LogP contribution in [0.1, 0.15) is 98.8 Å². The smallest absolute Gasteiger partial charge is 0.0812 e. The van der Waals surface area contributed by atoms with Gasteiger partial charge in [0.2, 0.25) is 0 Å². The van der Waals surface area contributed by atoms with E-state index in [1.807, 2.05) is 26.8 Å². The second-order valence-electron chi connectivity index (χ2n) is 11.6. The largest absolute Gasteiger partial charge is 0.390 e. The van der Waals surface area contributed by atoms with Gasteiger partial charge in [-0.1, -0.05) is 56.1 Å². The lowest BCUT2D eigenvalue weighted by atomic mass is 9.60. The number of rotatable bonds is 6. The first-order valence-corrected chi connectivity index (χ1v) is 12.7. The molecule has 3 rings (SSSR count). The molecule has 3 saturated carbocycles. The third-order valence-corrected chi connectivity index (χ3v) is 8.72. The van der Waals surface area contributed by atoms with E-state index in [1.54, 1.807) is 5.57 Å². The van der Waals surface area contributed by atoms with Gasteiger partial charge in [0.05, 0.1) is 17.8 Å². The molecule has 3 nitrogen and oxygen atoms in total. The standard InChI is InChI=1S/C28H46O3/c1-6-22-25(29)17-20(18-26(22)30)11-12-21-10-8-16-28(5)23(13-14-24(21)28)19(2)9-7-15-27(3,4)31/h6,11-12,19,23-26,29-31H,7-10,13-18H2,1-5H3/b20-11?,21-12+,22-6?/t19-,23-,24+,25-,26-,28-/m1/s1. The van der Waals surface area contributed by atoms with Crippen LogP contribution in [0.3, 0.4) is 0 Å². The highest BCUT2D eigenvalue weighted by molar-refractivity contribution is 5.30. The average molecular weight is 431 g/mol. The molecule has 3 aliphatic rings. The van der Waals surface area contributed by atoms with Gasteiger partial charge in [0.15, 0.2) is 0 Å². The Morgan fingerprint density at radius 1 is 1.13 bits per heavy atom. The number of allylic oxidation sites excluding steroid dienone is 4. The summed E-state index contributed by atoms with van der Waals surface area (Å²) in [4.78, 5) is 0. The van der Waals surface area contributed by atoms with Crippen molar-refractivity contribution in [2.45, 2.75) is 117 Å². The van der Waals surface area contributed by atoms with Crippen LogP contribution in [0.25, 0.3) is 0 Å². The van der Waals surface area contributed by atoms with E-state index >= 15 is 0 Å². The van der Waals surface area contributed by atoms with Crippen LogP contribution in [0.15, 0.2) is 34.9 Å². The molecule has 0 aromatic carbocycles. The van der Waals surface area contributed by atoms with Crippen molar-refractivity contribution in [3.63, 3.8) is 0 Å². The number of hydrogen-bond donors (Lipinski definition) is 3. The maximum absolute atomic E-state index is 10.3. The van der Waals surface area contributed by atoms with Crippen LogP contribution in [0.2, 0.25) is 0 Å². The van der Waals surface area contributed by atoms with Gasteiger partial charge in [-0.2, -0.15) is 0 Å². The first-order chi connectivity index (χ1) is 14.5.